The fourth-order valence-electron chi connectivity index (χ4n) is 2.38. The van der Waals surface area contributed by atoms with Crippen LogP contribution in [0.2, 0.25) is 0 Å². The van der Waals surface area contributed by atoms with Crippen molar-refractivity contribution in [3.63, 3.8) is 0 Å². The fraction of sp³-hybridized carbons (Fsp3) is 0.417. The molecule has 1 aliphatic rings. The molecule has 2 atom stereocenters. The first-order valence-electron chi connectivity index (χ1n) is 5.62. The van der Waals surface area contributed by atoms with Crippen LogP contribution in [0.4, 0.5) is 4.39 Å². The van der Waals surface area contributed by atoms with Gasteiger partial charge in [0.25, 0.3) is 0 Å². The number of nitrogens with one attached hydrogen (secondary N) is 2. The molecule has 1 fully saturated rings. The molecule has 0 spiro atoms. The van der Waals surface area contributed by atoms with Crippen molar-refractivity contribution < 1.29 is 4.39 Å². The minimum Gasteiger partial charge on any atom is -0.314 e. The van der Waals surface area contributed by atoms with Gasteiger partial charge in [-0.2, -0.15) is 5.10 Å². The molecule has 0 bridgehead atoms. The van der Waals surface area contributed by atoms with Gasteiger partial charge >= 0.3 is 0 Å². The molecule has 1 saturated heterocycles. The van der Waals surface area contributed by atoms with Crippen molar-refractivity contribution >= 4 is 23.3 Å². The van der Waals surface area contributed by atoms with Gasteiger partial charge in [0.05, 0.1) is 11.7 Å². The minimum atomic E-state index is -0.783. The van der Waals surface area contributed by atoms with E-state index in [1.807, 2.05) is 18.2 Å². The number of halogens is 2. The minimum absolute atomic E-state index is 0. The maximum Gasteiger partial charge on any atom is 0.119 e. The molecular formula is C12H15ClFN3. The number of nitrogens with zero attached hydrogens (tertiary/aromatic N) is 1. The summed E-state index contributed by atoms with van der Waals surface area (Å²) in [4.78, 5) is 0. The van der Waals surface area contributed by atoms with E-state index in [0.29, 0.717) is 6.54 Å². The van der Waals surface area contributed by atoms with Crippen LogP contribution in [-0.4, -0.2) is 29.5 Å². The first-order valence-corrected chi connectivity index (χ1v) is 5.62. The summed E-state index contributed by atoms with van der Waals surface area (Å²) in [6, 6.07) is 6.04. The molecule has 2 aromatic rings. The highest BCUT2D eigenvalue weighted by Crippen LogP contribution is 2.29. The van der Waals surface area contributed by atoms with Crippen LogP contribution in [0.15, 0.2) is 24.4 Å². The SMILES string of the molecule is Cl.F[C@@H]1CNCC[C@@H]1c1ccc2cn[nH]c2c1. The van der Waals surface area contributed by atoms with Crippen molar-refractivity contribution in [2.24, 2.45) is 0 Å². The summed E-state index contributed by atoms with van der Waals surface area (Å²) in [6.07, 6.45) is 1.86. The summed E-state index contributed by atoms with van der Waals surface area (Å²) in [5.74, 6) is 0.0222. The van der Waals surface area contributed by atoms with E-state index in [-0.39, 0.29) is 18.3 Å². The number of H-pyrrole nitrogens is 1. The maximum absolute atomic E-state index is 13.8. The fourth-order valence-corrected chi connectivity index (χ4v) is 2.38. The molecule has 17 heavy (non-hydrogen) atoms. The normalized spacial score (nSPS) is 24.5. The second-order valence-corrected chi connectivity index (χ2v) is 4.33. The lowest BCUT2D eigenvalue weighted by molar-refractivity contribution is 0.231. The number of piperidine rings is 1. The molecule has 5 heteroatoms. The number of hydrogen-bond acceptors (Lipinski definition) is 2. The van der Waals surface area contributed by atoms with Crippen molar-refractivity contribution in [3.05, 3.63) is 30.0 Å². The average molecular weight is 256 g/mol. The van der Waals surface area contributed by atoms with Crippen molar-refractivity contribution in [1.82, 2.24) is 15.5 Å². The molecule has 92 valence electrons. The highest BCUT2D eigenvalue weighted by molar-refractivity contribution is 5.85. The second-order valence-electron chi connectivity index (χ2n) is 4.33. The molecule has 2 heterocycles. The van der Waals surface area contributed by atoms with Gasteiger partial charge in [0, 0.05) is 17.8 Å². The Morgan fingerprint density at radius 2 is 2.24 bits per heavy atom. The molecule has 0 amide bonds. The molecule has 0 unspecified atom stereocenters. The number of fused-ring (bicyclic) bond motifs is 1. The Morgan fingerprint density at radius 3 is 3.06 bits per heavy atom. The van der Waals surface area contributed by atoms with E-state index >= 15 is 0 Å². The number of benzene rings is 1. The van der Waals surface area contributed by atoms with Crippen LogP contribution >= 0.6 is 12.4 Å². The summed E-state index contributed by atoms with van der Waals surface area (Å²) in [5.41, 5.74) is 2.06. The van der Waals surface area contributed by atoms with Crippen LogP contribution in [0, 0.1) is 0 Å². The monoisotopic (exact) mass is 255 g/mol. The summed E-state index contributed by atoms with van der Waals surface area (Å²) < 4.78 is 13.8. The number of aromatic nitrogens is 2. The van der Waals surface area contributed by atoms with Gasteiger partial charge in [-0.15, -0.1) is 12.4 Å². The molecule has 0 radical (unpaired) electrons. The second kappa shape index (κ2) is 5.02. The van der Waals surface area contributed by atoms with Gasteiger partial charge in [-0.3, -0.25) is 5.10 Å². The van der Waals surface area contributed by atoms with Crippen molar-refractivity contribution in [3.8, 4) is 0 Å². The zero-order chi connectivity index (χ0) is 11.0. The molecule has 2 N–H and O–H groups in total. The average Bonchev–Trinajstić information content (AvgIpc) is 2.76. The predicted octanol–water partition coefficient (Wildman–Crippen LogP) is 2.40. The van der Waals surface area contributed by atoms with Gasteiger partial charge in [-0.05, 0) is 24.6 Å². The summed E-state index contributed by atoms with van der Waals surface area (Å²) in [5, 5.41) is 11.0. The topological polar surface area (TPSA) is 40.7 Å². The molecule has 1 aliphatic heterocycles. The number of alkyl halides is 1. The van der Waals surface area contributed by atoms with Gasteiger partial charge in [0.2, 0.25) is 0 Å². The Morgan fingerprint density at radius 1 is 1.35 bits per heavy atom. The zero-order valence-electron chi connectivity index (χ0n) is 9.32. The highest BCUT2D eigenvalue weighted by atomic mass is 35.5. The first kappa shape index (κ1) is 12.3. The smallest absolute Gasteiger partial charge is 0.119 e. The molecule has 0 saturated carbocycles. The Balaban J connectivity index is 0.00000108. The van der Waals surface area contributed by atoms with E-state index < -0.39 is 6.17 Å². The standard InChI is InChI=1S/C12H14FN3.ClH/c13-11-7-14-4-3-10(11)8-1-2-9-6-15-16-12(9)5-8;/h1-2,5-6,10-11,14H,3-4,7H2,(H,15,16);1H/t10-,11-;/m1./s1. The Kier molecular flexibility index (Phi) is 3.64. The lowest BCUT2D eigenvalue weighted by Crippen LogP contribution is -2.36. The van der Waals surface area contributed by atoms with Crippen LogP contribution < -0.4 is 5.32 Å². The maximum atomic E-state index is 13.8. The quantitative estimate of drug-likeness (QED) is 0.822. The molecule has 1 aromatic carbocycles. The lowest BCUT2D eigenvalue weighted by atomic mass is 9.88. The van der Waals surface area contributed by atoms with E-state index in [2.05, 4.69) is 15.5 Å². The number of rotatable bonds is 1. The van der Waals surface area contributed by atoms with E-state index in [9.17, 15) is 4.39 Å². The lowest BCUT2D eigenvalue weighted by Gasteiger charge is -2.27. The van der Waals surface area contributed by atoms with Crippen LogP contribution in [-0.2, 0) is 0 Å². The predicted molar refractivity (Wildman–Crippen MR) is 68.5 cm³/mol. The Labute approximate surface area is 105 Å². The van der Waals surface area contributed by atoms with Gasteiger partial charge in [-0.25, -0.2) is 4.39 Å². The largest absolute Gasteiger partial charge is 0.314 e. The Bertz CT molecular complexity index is 499. The third-order valence-electron chi connectivity index (χ3n) is 3.30. The summed E-state index contributed by atoms with van der Waals surface area (Å²) in [7, 11) is 0. The molecule has 3 nitrogen and oxygen atoms in total. The van der Waals surface area contributed by atoms with Crippen molar-refractivity contribution in [2.45, 2.75) is 18.5 Å². The first-order chi connectivity index (χ1) is 7.84. The van der Waals surface area contributed by atoms with Crippen LogP contribution in [0.5, 0.6) is 0 Å². The third-order valence-corrected chi connectivity index (χ3v) is 3.30. The molecule has 3 rings (SSSR count). The van der Waals surface area contributed by atoms with Gasteiger partial charge < -0.3 is 5.32 Å². The van der Waals surface area contributed by atoms with Crippen LogP contribution in [0.3, 0.4) is 0 Å². The van der Waals surface area contributed by atoms with Crippen LogP contribution in [0.25, 0.3) is 10.9 Å². The third kappa shape index (κ3) is 2.28. The van der Waals surface area contributed by atoms with Crippen molar-refractivity contribution in [2.75, 3.05) is 13.1 Å². The van der Waals surface area contributed by atoms with E-state index in [1.54, 1.807) is 6.20 Å². The molecular weight excluding hydrogens is 241 g/mol. The van der Waals surface area contributed by atoms with Gasteiger partial charge in [0.15, 0.2) is 0 Å². The highest BCUT2D eigenvalue weighted by Gasteiger charge is 2.26. The van der Waals surface area contributed by atoms with E-state index in [4.69, 9.17) is 0 Å². The van der Waals surface area contributed by atoms with Crippen molar-refractivity contribution in [1.29, 1.82) is 0 Å². The summed E-state index contributed by atoms with van der Waals surface area (Å²) in [6.45, 7) is 1.36. The Hall–Kier alpha value is -1.13. The zero-order valence-corrected chi connectivity index (χ0v) is 10.1. The number of hydrogen-bond donors (Lipinski definition) is 2. The molecule has 0 aliphatic carbocycles. The van der Waals surface area contributed by atoms with E-state index in [0.717, 1.165) is 29.4 Å². The van der Waals surface area contributed by atoms with Crippen LogP contribution in [0.1, 0.15) is 17.9 Å². The number of aromatic amines is 1. The van der Waals surface area contributed by atoms with Gasteiger partial charge in [-0.1, -0.05) is 12.1 Å². The summed E-state index contributed by atoms with van der Waals surface area (Å²) >= 11 is 0. The van der Waals surface area contributed by atoms with Gasteiger partial charge in [0.1, 0.15) is 6.17 Å². The van der Waals surface area contributed by atoms with E-state index in [1.165, 1.54) is 0 Å². The molecule has 1 aromatic heterocycles.